The lowest BCUT2D eigenvalue weighted by Gasteiger charge is -2.38. The van der Waals surface area contributed by atoms with Crippen molar-refractivity contribution >= 4 is 0 Å². The summed E-state index contributed by atoms with van der Waals surface area (Å²) in [7, 11) is 0. The lowest BCUT2D eigenvalue weighted by atomic mass is 9.72. The van der Waals surface area contributed by atoms with Crippen molar-refractivity contribution in [3.63, 3.8) is 0 Å². The van der Waals surface area contributed by atoms with Crippen molar-refractivity contribution in [2.75, 3.05) is 6.61 Å². The Morgan fingerprint density at radius 3 is 2.32 bits per heavy atom. The van der Waals surface area contributed by atoms with Crippen LogP contribution in [0.2, 0.25) is 0 Å². The highest BCUT2D eigenvalue weighted by molar-refractivity contribution is 4.83. The van der Waals surface area contributed by atoms with Gasteiger partial charge in [-0.05, 0) is 31.1 Å². The van der Waals surface area contributed by atoms with Crippen LogP contribution in [0.3, 0.4) is 0 Å². The van der Waals surface area contributed by atoms with Gasteiger partial charge in [0.2, 0.25) is 0 Å². The van der Waals surface area contributed by atoms with Crippen LogP contribution in [0.5, 0.6) is 0 Å². The van der Waals surface area contributed by atoms with Gasteiger partial charge >= 0.3 is 0 Å². The lowest BCUT2D eigenvalue weighted by Crippen LogP contribution is -2.34. The molecule has 0 N–H and O–H groups in total. The molecule has 2 saturated carbocycles. The van der Waals surface area contributed by atoms with E-state index in [9.17, 15) is 0 Å². The fourth-order valence-electron chi connectivity index (χ4n) is 4.20. The van der Waals surface area contributed by atoms with Crippen LogP contribution in [0.1, 0.15) is 90.4 Å². The Bertz CT molecular complexity index is 220. The van der Waals surface area contributed by atoms with Gasteiger partial charge < -0.3 is 4.74 Å². The van der Waals surface area contributed by atoms with Gasteiger partial charge in [-0.25, -0.2) is 0 Å². The second kappa shape index (κ2) is 9.00. The van der Waals surface area contributed by atoms with Gasteiger partial charge in [0.05, 0.1) is 6.10 Å². The van der Waals surface area contributed by atoms with Gasteiger partial charge in [-0.15, -0.1) is 0 Å². The van der Waals surface area contributed by atoms with Gasteiger partial charge in [0.25, 0.3) is 0 Å². The number of rotatable bonds is 7. The average molecular weight is 266 g/mol. The highest BCUT2D eigenvalue weighted by Gasteiger charge is 2.32. The zero-order valence-corrected chi connectivity index (χ0v) is 13.0. The first kappa shape index (κ1) is 15.4. The summed E-state index contributed by atoms with van der Waals surface area (Å²) in [4.78, 5) is 0. The van der Waals surface area contributed by atoms with Crippen LogP contribution >= 0.6 is 0 Å². The van der Waals surface area contributed by atoms with Crippen LogP contribution in [0, 0.1) is 11.8 Å². The molecule has 0 radical (unpaired) electrons. The zero-order chi connectivity index (χ0) is 13.3. The first-order valence-electron chi connectivity index (χ1n) is 9.03. The van der Waals surface area contributed by atoms with Gasteiger partial charge in [0.15, 0.2) is 0 Å². The van der Waals surface area contributed by atoms with E-state index in [0.717, 1.165) is 18.4 Å². The molecule has 19 heavy (non-hydrogen) atoms. The molecule has 0 spiro atoms. The maximum absolute atomic E-state index is 6.30. The second-order valence-corrected chi connectivity index (χ2v) is 6.82. The summed E-state index contributed by atoms with van der Waals surface area (Å²) in [5.41, 5.74) is 0. The van der Waals surface area contributed by atoms with E-state index in [-0.39, 0.29) is 0 Å². The number of hydrogen-bond donors (Lipinski definition) is 0. The third kappa shape index (κ3) is 5.10. The van der Waals surface area contributed by atoms with Gasteiger partial charge in [-0.1, -0.05) is 71.1 Å². The minimum atomic E-state index is 0.610. The third-order valence-electron chi connectivity index (χ3n) is 5.34. The van der Waals surface area contributed by atoms with E-state index in [1.807, 2.05) is 0 Å². The highest BCUT2D eigenvalue weighted by atomic mass is 16.5. The highest BCUT2D eigenvalue weighted by Crippen LogP contribution is 2.39. The maximum atomic E-state index is 6.30. The van der Waals surface area contributed by atoms with Crippen molar-refractivity contribution in [2.45, 2.75) is 96.5 Å². The second-order valence-electron chi connectivity index (χ2n) is 6.82. The van der Waals surface area contributed by atoms with Crippen LogP contribution in [0.25, 0.3) is 0 Å². The molecule has 1 nitrogen and oxygen atoms in total. The number of hydrogen-bond acceptors (Lipinski definition) is 1. The zero-order valence-electron chi connectivity index (χ0n) is 13.0. The minimum absolute atomic E-state index is 0.610. The van der Waals surface area contributed by atoms with Crippen molar-refractivity contribution in [2.24, 2.45) is 11.8 Å². The molecule has 0 amide bonds. The maximum Gasteiger partial charge on any atom is 0.0605 e. The monoisotopic (exact) mass is 266 g/mol. The number of unbranched alkanes of at least 4 members (excludes halogenated alkanes) is 3. The fourth-order valence-corrected chi connectivity index (χ4v) is 4.20. The Morgan fingerprint density at radius 2 is 1.53 bits per heavy atom. The van der Waals surface area contributed by atoms with Crippen LogP contribution in [-0.4, -0.2) is 12.7 Å². The van der Waals surface area contributed by atoms with Crippen LogP contribution in [-0.2, 0) is 4.74 Å². The van der Waals surface area contributed by atoms with Crippen LogP contribution < -0.4 is 0 Å². The molecule has 2 unspecified atom stereocenters. The molecule has 2 fully saturated rings. The molecule has 0 bridgehead atoms. The van der Waals surface area contributed by atoms with E-state index in [1.54, 1.807) is 0 Å². The first-order valence-corrected chi connectivity index (χ1v) is 9.03. The molecular weight excluding hydrogens is 232 g/mol. The summed E-state index contributed by atoms with van der Waals surface area (Å²) >= 11 is 0. The summed E-state index contributed by atoms with van der Waals surface area (Å²) in [6.07, 6.45) is 19.0. The molecule has 112 valence electrons. The van der Waals surface area contributed by atoms with E-state index >= 15 is 0 Å². The van der Waals surface area contributed by atoms with Crippen LogP contribution in [0.15, 0.2) is 0 Å². The molecule has 0 aliphatic heterocycles. The predicted octanol–water partition coefficient (Wildman–Crippen LogP) is 5.72. The van der Waals surface area contributed by atoms with Crippen molar-refractivity contribution in [3.05, 3.63) is 0 Å². The molecule has 2 aliphatic carbocycles. The van der Waals surface area contributed by atoms with E-state index in [0.29, 0.717) is 6.10 Å². The summed E-state index contributed by atoms with van der Waals surface area (Å²) in [6, 6.07) is 0. The molecule has 0 aromatic carbocycles. The molecule has 0 heterocycles. The topological polar surface area (TPSA) is 9.23 Å². The van der Waals surface area contributed by atoms with Crippen molar-refractivity contribution in [3.8, 4) is 0 Å². The van der Waals surface area contributed by atoms with E-state index in [4.69, 9.17) is 4.74 Å². The lowest BCUT2D eigenvalue weighted by molar-refractivity contribution is -0.0379. The van der Waals surface area contributed by atoms with Gasteiger partial charge in [-0.3, -0.25) is 0 Å². The van der Waals surface area contributed by atoms with E-state index < -0.39 is 0 Å². The Balaban J connectivity index is 1.72. The summed E-state index contributed by atoms with van der Waals surface area (Å²) in [5, 5.41) is 0. The number of ether oxygens (including phenoxy) is 1. The molecule has 2 atom stereocenters. The first-order chi connectivity index (χ1) is 9.42. The summed E-state index contributed by atoms with van der Waals surface area (Å²) < 4.78 is 6.30. The Hall–Kier alpha value is -0.0400. The smallest absolute Gasteiger partial charge is 0.0605 e. The van der Waals surface area contributed by atoms with Gasteiger partial charge in [0, 0.05) is 6.61 Å². The van der Waals surface area contributed by atoms with Crippen LogP contribution in [0.4, 0.5) is 0 Å². The Morgan fingerprint density at radius 1 is 0.789 bits per heavy atom. The van der Waals surface area contributed by atoms with E-state index in [2.05, 4.69) is 6.92 Å². The van der Waals surface area contributed by atoms with Crippen molar-refractivity contribution < 1.29 is 4.74 Å². The minimum Gasteiger partial charge on any atom is -0.378 e. The van der Waals surface area contributed by atoms with Crippen molar-refractivity contribution in [1.29, 1.82) is 0 Å². The standard InChI is InChI=1S/C18H34O/c1-2-3-4-10-15-19-18-14-9-8-13-17(18)16-11-6-5-7-12-16/h16-18H,2-15H2,1H3. The molecule has 0 saturated heterocycles. The Kier molecular flexibility index (Phi) is 7.27. The molecule has 2 aliphatic rings. The quantitative estimate of drug-likeness (QED) is 0.535. The molecular formula is C18H34O. The summed E-state index contributed by atoms with van der Waals surface area (Å²) in [5.74, 6) is 1.90. The normalized spacial score (nSPS) is 29.5. The molecule has 0 aromatic rings. The fraction of sp³-hybridized carbons (Fsp3) is 1.00. The molecule has 2 rings (SSSR count). The predicted molar refractivity (Wildman–Crippen MR) is 82.4 cm³/mol. The molecule has 1 heteroatoms. The van der Waals surface area contributed by atoms with Gasteiger partial charge in [-0.2, -0.15) is 0 Å². The molecule has 0 aromatic heterocycles. The van der Waals surface area contributed by atoms with E-state index in [1.165, 1.54) is 83.5 Å². The largest absolute Gasteiger partial charge is 0.378 e. The SMILES string of the molecule is CCCCCCOC1CCCCC1C1CCCCC1. The van der Waals surface area contributed by atoms with Gasteiger partial charge in [0.1, 0.15) is 0 Å². The summed E-state index contributed by atoms with van der Waals surface area (Å²) in [6.45, 7) is 3.30. The average Bonchev–Trinajstić information content (AvgIpc) is 2.48. The Labute approximate surface area is 120 Å². The third-order valence-corrected chi connectivity index (χ3v) is 5.34. The van der Waals surface area contributed by atoms with Crippen molar-refractivity contribution in [1.82, 2.24) is 0 Å².